The van der Waals surface area contributed by atoms with Crippen molar-refractivity contribution < 1.29 is 0 Å². The highest BCUT2D eigenvalue weighted by atomic mass is 35.5. The quantitative estimate of drug-likeness (QED) is 0.681. The van der Waals surface area contributed by atoms with Crippen LogP contribution in [0.25, 0.3) is 0 Å². The minimum Gasteiger partial charge on any atom is -0.149 e. The Kier molecular flexibility index (Phi) is 3.67. The Bertz CT molecular complexity index is 460. The Morgan fingerprint density at radius 2 is 2.06 bits per heavy atom. The van der Waals surface area contributed by atoms with Crippen molar-refractivity contribution in [2.45, 2.75) is 25.6 Å². The number of alkyl halides is 1. The van der Waals surface area contributed by atoms with Crippen molar-refractivity contribution in [3.8, 4) is 0 Å². The molecule has 0 amide bonds. The van der Waals surface area contributed by atoms with Crippen molar-refractivity contribution >= 4 is 22.9 Å². The molecular formula is C14H15ClS. The number of thiophene rings is 1. The van der Waals surface area contributed by atoms with Gasteiger partial charge in [0.05, 0.1) is 5.38 Å². The second kappa shape index (κ2) is 5.03. The third kappa shape index (κ3) is 2.66. The standard InChI is InChI=1S/C14H15ClS/c1-10-5-6-13(11(2)8-10)14(15)9-12-4-3-7-16-12/h3-8,14H,9H2,1-2H3. The Morgan fingerprint density at radius 3 is 2.69 bits per heavy atom. The molecule has 1 heterocycles. The van der Waals surface area contributed by atoms with Crippen LogP contribution in [0.1, 0.15) is 26.9 Å². The van der Waals surface area contributed by atoms with Crippen molar-refractivity contribution in [3.05, 3.63) is 57.3 Å². The number of hydrogen-bond donors (Lipinski definition) is 0. The Balaban J connectivity index is 2.17. The molecule has 16 heavy (non-hydrogen) atoms. The molecule has 0 nitrogen and oxygen atoms in total. The van der Waals surface area contributed by atoms with Gasteiger partial charge in [0.1, 0.15) is 0 Å². The van der Waals surface area contributed by atoms with Gasteiger partial charge in [0, 0.05) is 11.3 Å². The molecule has 84 valence electrons. The van der Waals surface area contributed by atoms with E-state index in [9.17, 15) is 0 Å². The summed E-state index contributed by atoms with van der Waals surface area (Å²) in [6.45, 7) is 4.24. The van der Waals surface area contributed by atoms with Crippen LogP contribution < -0.4 is 0 Å². The number of halogens is 1. The van der Waals surface area contributed by atoms with Crippen LogP contribution in [0.15, 0.2) is 35.7 Å². The van der Waals surface area contributed by atoms with E-state index in [-0.39, 0.29) is 5.38 Å². The topological polar surface area (TPSA) is 0 Å². The lowest BCUT2D eigenvalue weighted by molar-refractivity contribution is 0.925. The van der Waals surface area contributed by atoms with Crippen molar-refractivity contribution in [1.82, 2.24) is 0 Å². The lowest BCUT2D eigenvalue weighted by Gasteiger charge is -2.12. The van der Waals surface area contributed by atoms with Crippen LogP contribution in [-0.2, 0) is 6.42 Å². The van der Waals surface area contributed by atoms with E-state index in [1.807, 2.05) is 0 Å². The molecule has 0 aliphatic rings. The van der Waals surface area contributed by atoms with E-state index in [0.717, 1.165) is 6.42 Å². The van der Waals surface area contributed by atoms with Gasteiger partial charge in [-0.1, -0.05) is 29.8 Å². The predicted molar refractivity (Wildman–Crippen MR) is 72.5 cm³/mol. The summed E-state index contributed by atoms with van der Waals surface area (Å²) in [7, 11) is 0. The summed E-state index contributed by atoms with van der Waals surface area (Å²) in [5, 5.41) is 2.18. The summed E-state index contributed by atoms with van der Waals surface area (Å²) in [5.74, 6) is 0. The van der Waals surface area contributed by atoms with Gasteiger partial charge in [0.2, 0.25) is 0 Å². The molecule has 0 N–H and O–H groups in total. The van der Waals surface area contributed by atoms with Crippen LogP contribution in [0.4, 0.5) is 0 Å². The number of benzene rings is 1. The SMILES string of the molecule is Cc1ccc(C(Cl)Cc2cccs2)c(C)c1. The molecule has 0 bridgehead atoms. The highest BCUT2D eigenvalue weighted by Crippen LogP contribution is 2.29. The molecule has 0 aliphatic heterocycles. The van der Waals surface area contributed by atoms with Gasteiger partial charge in [0.15, 0.2) is 0 Å². The highest BCUT2D eigenvalue weighted by molar-refractivity contribution is 7.09. The highest BCUT2D eigenvalue weighted by Gasteiger charge is 2.11. The molecule has 1 atom stereocenters. The van der Waals surface area contributed by atoms with Crippen LogP contribution in [-0.4, -0.2) is 0 Å². The van der Waals surface area contributed by atoms with E-state index in [0.29, 0.717) is 0 Å². The first kappa shape index (κ1) is 11.7. The largest absolute Gasteiger partial charge is 0.149 e. The molecule has 2 rings (SSSR count). The number of hydrogen-bond acceptors (Lipinski definition) is 1. The average Bonchev–Trinajstić information content (AvgIpc) is 2.70. The van der Waals surface area contributed by atoms with E-state index >= 15 is 0 Å². The maximum atomic E-state index is 6.46. The van der Waals surface area contributed by atoms with Gasteiger partial charge in [-0.15, -0.1) is 22.9 Å². The fourth-order valence-electron chi connectivity index (χ4n) is 1.89. The molecule has 1 aromatic heterocycles. The molecule has 0 saturated heterocycles. The van der Waals surface area contributed by atoms with Crippen molar-refractivity contribution in [3.63, 3.8) is 0 Å². The van der Waals surface area contributed by atoms with Gasteiger partial charge < -0.3 is 0 Å². The van der Waals surface area contributed by atoms with Gasteiger partial charge in [-0.3, -0.25) is 0 Å². The Hall–Kier alpha value is -0.790. The Morgan fingerprint density at radius 1 is 1.25 bits per heavy atom. The zero-order valence-corrected chi connectivity index (χ0v) is 11.1. The average molecular weight is 251 g/mol. The van der Waals surface area contributed by atoms with Crippen molar-refractivity contribution in [2.24, 2.45) is 0 Å². The molecule has 2 aromatic rings. The number of rotatable bonds is 3. The summed E-state index contributed by atoms with van der Waals surface area (Å²) < 4.78 is 0. The predicted octanol–water partition coefficient (Wildman–Crippen LogP) is 4.89. The third-order valence-corrected chi connectivity index (χ3v) is 4.01. The fourth-order valence-corrected chi connectivity index (χ4v) is 3.15. The zero-order chi connectivity index (χ0) is 11.5. The van der Waals surface area contributed by atoms with Gasteiger partial charge in [-0.25, -0.2) is 0 Å². The monoisotopic (exact) mass is 250 g/mol. The van der Waals surface area contributed by atoms with Crippen molar-refractivity contribution in [2.75, 3.05) is 0 Å². The molecular weight excluding hydrogens is 236 g/mol. The second-order valence-electron chi connectivity index (χ2n) is 4.11. The minimum absolute atomic E-state index is 0.0826. The molecule has 1 aromatic carbocycles. The van der Waals surface area contributed by atoms with Gasteiger partial charge >= 0.3 is 0 Å². The molecule has 1 unspecified atom stereocenters. The molecule has 0 fully saturated rings. The maximum Gasteiger partial charge on any atom is 0.0635 e. The first-order valence-corrected chi connectivity index (χ1v) is 6.72. The molecule has 2 heteroatoms. The van der Waals surface area contributed by atoms with Gasteiger partial charge in [0.25, 0.3) is 0 Å². The molecule has 0 spiro atoms. The van der Waals surface area contributed by atoms with Crippen LogP contribution in [0.2, 0.25) is 0 Å². The minimum atomic E-state index is 0.0826. The van der Waals surface area contributed by atoms with Gasteiger partial charge in [-0.2, -0.15) is 0 Å². The zero-order valence-electron chi connectivity index (χ0n) is 9.53. The van der Waals surface area contributed by atoms with Crippen LogP contribution in [0.5, 0.6) is 0 Å². The van der Waals surface area contributed by atoms with E-state index in [4.69, 9.17) is 11.6 Å². The molecule has 0 aliphatic carbocycles. The molecule has 0 saturated carbocycles. The van der Waals surface area contributed by atoms with Gasteiger partial charge in [-0.05, 0) is 36.4 Å². The summed E-state index contributed by atoms with van der Waals surface area (Å²) in [6, 6.07) is 10.7. The van der Waals surface area contributed by atoms with E-state index < -0.39 is 0 Å². The summed E-state index contributed by atoms with van der Waals surface area (Å²) in [6.07, 6.45) is 0.920. The van der Waals surface area contributed by atoms with Crippen LogP contribution >= 0.6 is 22.9 Å². The third-order valence-electron chi connectivity index (χ3n) is 2.72. The fraction of sp³-hybridized carbons (Fsp3) is 0.286. The summed E-state index contributed by atoms with van der Waals surface area (Å²) in [5.41, 5.74) is 3.83. The van der Waals surface area contributed by atoms with Crippen molar-refractivity contribution in [1.29, 1.82) is 0 Å². The first-order chi connectivity index (χ1) is 7.66. The normalized spacial score (nSPS) is 12.7. The number of aryl methyl sites for hydroxylation is 2. The first-order valence-electron chi connectivity index (χ1n) is 5.40. The van der Waals surface area contributed by atoms with Crippen LogP contribution in [0.3, 0.4) is 0 Å². The van der Waals surface area contributed by atoms with E-state index in [2.05, 4.69) is 49.6 Å². The lowest BCUT2D eigenvalue weighted by Crippen LogP contribution is -1.97. The maximum absolute atomic E-state index is 6.46. The van der Waals surface area contributed by atoms with Crippen LogP contribution in [0, 0.1) is 13.8 Å². The summed E-state index contributed by atoms with van der Waals surface area (Å²) >= 11 is 8.23. The summed E-state index contributed by atoms with van der Waals surface area (Å²) in [4.78, 5) is 1.35. The lowest BCUT2D eigenvalue weighted by atomic mass is 10.0. The van der Waals surface area contributed by atoms with E-state index in [1.54, 1.807) is 11.3 Å². The molecule has 0 radical (unpaired) electrons. The smallest absolute Gasteiger partial charge is 0.0635 e. The van der Waals surface area contributed by atoms with E-state index in [1.165, 1.54) is 21.6 Å². The second-order valence-corrected chi connectivity index (χ2v) is 5.67. The Labute approximate surface area is 106 Å².